The van der Waals surface area contributed by atoms with Crippen LogP contribution in [0.5, 0.6) is 0 Å². The van der Waals surface area contributed by atoms with Crippen molar-refractivity contribution in [3.05, 3.63) is 24.3 Å². The summed E-state index contributed by atoms with van der Waals surface area (Å²) in [5.74, 6) is -0.303. The van der Waals surface area contributed by atoms with Crippen molar-refractivity contribution >= 4 is 11.6 Å². The fourth-order valence-corrected chi connectivity index (χ4v) is 1.08. The Labute approximate surface area is 88.7 Å². The number of Topliss-reactive ketones (excluding diaryl/α,β-unsaturated/α-hetero) is 2. The Balaban J connectivity index is 2.61. The molecule has 1 unspecified atom stereocenters. The smallest absolute Gasteiger partial charge is 0.207 e. The normalized spacial score (nSPS) is 12.1. The zero-order chi connectivity index (χ0) is 11.3. The number of hydrogen-bond acceptors (Lipinski definition) is 4. The molecule has 15 heavy (non-hydrogen) atoms. The third-order valence-corrected chi connectivity index (χ3v) is 2.31. The summed E-state index contributed by atoms with van der Waals surface area (Å²) >= 11 is 0. The van der Waals surface area contributed by atoms with E-state index in [2.05, 4.69) is 9.97 Å². The van der Waals surface area contributed by atoms with Gasteiger partial charge < -0.3 is 0 Å². The molecule has 1 aromatic heterocycles. The van der Waals surface area contributed by atoms with E-state index in [0.717, 1.165) is 6.42 Å². The Morgan fingerprint density at radius 3 is 2.47 bits per heavy atom. The van der Waals surface area contributed by atoms with E-state index in [1.165, 1.54) is 12.4 Å². The Hall–Kier alpha value is -1.58. The van der Waals surface area contributed by atoms with Crippen LogP contribution in [0, 0.1) is 5.92 Å². The quantitative estimate of drug-likeness (QED) is 0.543. The molecule has 1 rings (SSSR count). The first-order chi connectivity index (χ1) is 7.15. The number of hydrogen-bond donors (Lipinski definition) is 0. The molecule has 0 aliphatic heterocycles. The molecule has 0 radical (unpaired) electrons. The Kier molecular flexibility index (Phi) is 4.09. The van der Waals surface area contributed by atoms with Crippen LogP contribution in [0.1, 0.15) is 37.3 Å². The Bertz CT molecular complexity index is 349. The van der Waals surface area contributed by atoms with E-state index in [9.17, 15) is 9.59 Å². The molecule has 1 aromatic rings. The molecule has 0 aliphatic carbocycles. The third kappa shape index (κ3) is 3.23. The SMILES string of the molecule is CCC(C)C(=O)CC(=O)c1ncccn1. The van der Waals surface area contributed by atoms with Crippen molar-refractivity contribution in [3.63, 3.8) is 0 Å². The summed E-state index contributed by atoms with van der Waals surface area (Å²) in [6.45, 7) is 3.74. The first-order valence-electron chi connectivity index (χ1n) is 4.98. The molecule has 4 nitrogen and oxygen atoms in total. The second kappa shape index (κ2) is 5.34. The van der Waals surface area contributed by atoms with Gasteiger partial charge in [0.1, 0.15) is 5.78 Å². The van der Waals surface area contributed by atoms with Crippen molar-refractivity contribution in [2.45, 2.75) is 26.7 Å². The van der Waals surface area contributed by atoms with Crippen molar-refractivity contribution in [2.24, 2.45) is 5.92 Å². The van der Waals surface area contributed by atoms with Crippen molar-refractivity contribution < 1.29 is 9.59 Å². The maximum atomic E-state index is 11.5. The van der Waals surface area contributed by atoms with Gasteiger partial charge >= 0.3 is 0 Å². The van der Waals surface area contributed by atoms with Gasteiger partial charge in [-0.05, 0) is 12.5 Å². The fourth-order valence-electron chi connectivity index (χ4n) is 1.08. The number of rotatable bonds is 5. The van der Waals surface area contributed by atoms with Crippen molar-refractivity contribution in [1.82, 2.24) is 9.97 Å². The lowest BCUT2D eigenvalue weighted by atomic mass is 9.99. The van der Waals surface area contributed by atoms with Crippen LogP contribution < -0.4 is 0 Å². The highest BCUT2D eigenvalue weighted by Crippen LogP contribution is 2.07. The molecule has 0 saturated carbocycles. The number of nitrogens with zero attached hydrogens (tertiary/aromatic N) is 2. The van der Waals surface area contributed by atoms with Gasteiger partial charge in [-0.3, -0.25) is 9.59 Å². The second-order valence-electron chi connectivity index (χ2n) is 3.45. The maximum absolute atomic E-state index is 11.5. The average Bonchev–Trinajstić information content (AvgIpc) is 2.29. The molecule has 4 heteroatoms. The molecule has 80 valence electrons. The largest absolute Gasteiger partial charge is 0.299 e. The lowest BCUT2D eigenvalue weighted by Gasteiger charge is -2.05. The van der Waals surface area contributed by atoms with E-state index < -0.39 is 0 Å². The predicted octanol–water partition coefficient (Wildman–Crippen LogP) is 1.66. The van der Waals surface area contributed by atoms with E-state index in [4.69, 9.17) is 0 Å². The summed E-state index contributed by atoms with van der Waals surface area (Å²) in [5.41, 5.74) is 0. The summed E-state index contributed by atoms with van der Waals surface area (Å²) in [6.07, 6.45) is 3.64. The lowest BCUT2D eigenvalue weighted by molar-refractivity contribution is -0.121. The zero-order valence-corrected chi connectivity index (χ0v) is 8.93. The number of carbonyl (C=O) groups is 2. The van der Waals surface area contributed by atoms with Crippen LogP contribution in [0.15, 0.2) is 18.5 Å². The van der Waals surface area contributed by atoms with Crippen LogP contribution in [0.2, 0.25) is 0 Å². The van der Waals surface area contributed by atoms with Crippen LogP contribution in [-0.4, -0.2) is 21.5 Å². The maximum Gasteiger partial charge on any atom is 0.207 e. The van der Waals surface area contributed by atoms with Crippen LogP contribution in [0.3, 0.4) is 0 Å². The van der Waals surface area contributed by atoms with Gasteiger partial charge in [0.15, 0.2) is 5.82 Å². The molecule has 0 bridgehead atoms. The van der Waals surface area contributed by atoms with Gasteiger partial charge in [-0.1, -0.05) is 13.8 Å². The van der Waals surface area contributed by atoms with Crippen molar-refractivity contribution in [2.75, 3.05) is 0 Å². The molecule has 0 spiro atoms. The summed E-state index contributed by atoms with van der Waals surface area (Å²) in [7, 11) is 0. The second-order valence-corrected chi connectivity index (χ2v) is 3.45. The highest BCUT2D eigenvalue weighted by atomic mass is 16.1. The van der Waals surface area contributed by atoms with Gasteiger partial charge in [-0.2, -0.15) is 0 Å². The van der Waals surface area contributed by atoms with E-state index in [1.54, 1.807) is 6.07 Å². The van der Waals surface area contributed by atoms with Gasteiger partial charge in [0, 0.05) is 18.3 Å². The van der Waals surface area contributed by atoms with Crippen LogP contribution in [-0.2, 0) is 4.79 Å². The van der Waals surface area contributed by atoms with E-state index >= 15 is 0 Å². The van der Waals surface area contributed by atoms with E-state index in [0.29, 0.717) is 0 Å². The van der Waals surface area contributed by atoms with Gasteiger partial charge in [-0.15, -0.1) is 0 Å². The monoisotopic (exact) mass is 206 g/mol. The van der Waals surface area contributed by atoms with Gasteiger partial charge in [0.25, 0.3) is 0 Å². The van der Waals surface area contributed by atoms with Gasteiger partial charge in [-0.25, -0.2) is 9.97 Å². The molecular weight excluding hydrogens is 192 g/mol. The van der Waals surface area contributed by atoms with Crippen LogP contribution in [0.4, 0.5) is 0 Å². The lowest BCUT2D eigenvalue weighted by Crippen LogP contribution is -2.16. The molecule has 0 aromatic carbocycles. The minimum atomic E-state index is -0.305. The number of carbonyl (C=O) groups excluding carboxylic acids is 2. The number of ketones is 2. The zero-order valence-electron chi connectivity index (χ0n) is 8.93. The summed E-state index contributed by atoms with van der Waals surface area (Å²) < 4.78 is 0. The molecule has 1 atom stereocenters. The number of aromatic nitrogens is 2. The van der Waals surface area contributed by atoms with Crippen molar-refractivity contribution in [3.8, 4) is 0 Å². The van der Waals surface area contributed by atoms with Crippen LogP contribution >= 0.6 is 0 Å². The molecule has 0 amide bonds. The highest BCUT2D eigenvalue weighted by Gasteiger charge is 2.17. The fraction of sp³-hybridized carbons (Fsp3) is 0.455. The molecule has 1 heterocycles. The van der Waals surface area contributed by atoms with Gasteiger partial charge in [0.05, 0.1) is 6.42 Å². The Morgan fingerprint density at radius 2 is 1.93 bits per heavy atom. The Morgan fingerprint density at radius 1 is 1.33 bits per heavy atom. The first kappa shape index (κ1) is 11.5. The van der Waals surface area contributed by atoms with E-state index in [-0.39, 0.29) is 29.7 Å². The molecule has 0 aliphatic rings. The highest BCUT2D eigenvalue weighted by molar-refractivity contribution is 6.06. The summed E-state index contributed by atoms with van der Waals surface area (Å²) in [5, 5.41) is 0. The average molecular weight is 206 g/mol. The molecule has 0 fully saturated rings. The standard InChI is InChI=1S/C11H14N2O2/c1-3-8(2)9(14)7-10(15)11-12-5-4-6-13-11/h4-6,8H,3,7H2,1-2H3. The van der Waals surface area contributed by atoms with Crippen molar-refractivity contribution in [1.29, 1.82) is 0 Å². The first-order valence-corrected chi connectivity index (χ1v) is 4.98. The predicted molar refractivity (Wildman–Crippen MR) is 55.4 cm³/mol. The van der Waals surface area contributed by atoms with Gasteiger partial charge in [0.2, 0.25) is 5.78 Å². The van der Waals surface area contributed by atoms with E-state index in [1.807, 2.05) is 13.8 Å². The molecule has 0 saturated heterocycles. The topological polar surface area (TPSA) is 59.9 Å². The van der Waals surface area contributed by atoms with Crippen LogP contribution in [0.25, 0.3) is 0 Å². The molecule has 0 N–H and O–H groups in total. The minimum absolute atomic E-state index is 0.0463. The summed E-state index contributed by atoms with van der Waals surface area (Å²) in [4.78, 5) is 30.6. The summed E-state index contributed by atoms with van der Waals surface area (Å²) in [6, 6.07) is 1.63. The molecular formula is C11H14N2O2. The minimum Gasteiger partial charge on any atom is -0.299 e. The third-order valence-electron chi connectivity index (χ3n) is 2.31.